The molecule has 0 atom stereocenters. The summed E-state index contributed by atoms with van der Waals surface area (Å²) in [7, 11) is -3.77. The summed E-state index contributed by atoms with van der Waals surface area (Å²) in [4.78, 5) is 14.7. The molecule has 8 heteroatoms. The van der Waals surface area contributed by atoms with Gasteiger partial charge in [0.1, 0.15) is 10.7 Å². The zero-order valence-corrected chi connectivity index (χ0v) is 11.6. The first-order valence-electron chi connectivity index (χ1n) is 5.88. The van der Waals surface area contributed by atoms with Gasteiger partial charge >= 0.3 is 0 Å². The highest BCUT2D eigenvalue weighted by molar-refractivity contribution is 7.89. The SMILES string of the molecule is CCCCN(CC(N)=O)S(=O)(=O)c1ccc(N)nc1. The van der Waals surface area contributed by atoms with Crippen molar-refractivity contribution < 1.29 is 13.2 Å². The lowest BCUT2D eigenvalue weighted by atomic mass is 10.3. The van der Waals surface area contributed by atoms with Gasteiger partial charge in [-0.1, -0.05) is 13.3 Å². The zero-order valence-electron chi connectivity index (χ0n) is 10.7. The first kappa shape index (κ1) is 15.4. The Kier molecular flexibility index (Phi) is 5.25. The Balaban J connectivity index is 3.03. The number of carbonyl (C=O) groups excluding carboxylic acids is 1. The largest absolute Gasteiger partial charge is 0.384 e. The number of unbranched alkanes of at least 4 members (excludes halogenated alkanes) is 1. The Bertz CT molecular complexity index is 527. The Morgan fingerprint density at radius 3 is 2.58 bits per heavy atom. The van der Waals surface area contributed by atoms with Gasteiger partial charge < -0.3 is 11.5 Å². The van der Waals surface area contributed by atoms with Gasteiger partial charge in [-0.2, -0.15) is 4.31 Å². The summed E-state index contributed by atoms with van der Waals surface area (Å²) >= 11 is 0. The molecular formula is C11H18N4O3S. The Labute approximate surface area is 112 Å². The van der Waals surface area contributed by atoms with Gasteiger partial charge in [-0.05, 0) is 18.6 Å². The van der Waals surface area contributed by atoms with E-state index < -0.39 is 15.9 Å². The quantitative estimate of drug-likeness (QED) is 0.727. The maximum atomic E-state index is 12.3. The van der Waals surface area contributed by atoms with Crippen LogP contribution in [0.25, 0.3) is 0 Å². The summed E-state index contributed by atoms with van der Waals surface area (Å²) in [5.74, 6) is -0.461. The number of pyridine rings is 1. The second kappa shape index (κ2) is 6.48. The molecule has 1 heterocycles. The number of anilines is 1. The fourth-order valence-corrected chi connectivity index (χ4v) is 2.88. The highest BCUT2D eigenvalue weighted by Crippen LogP contribution is 2.16. The predicted molar refractivity (Wildman–Crippen MR) is 71.5 cm³/mol. The van der Waals surface area contributed by atoms with Gasteiger partial charge in [0, 0.05) is 12.7 Å². The maximum absolute atomic E-state index is 12.3. The van der Waals surface area contributed by atoms with Crippen molar-refractivity contribution in [1.29, 1.82) is 0 Å². The summed E-state index contributed by atoms with van der Waals surface area (Å²) in [6.07, 6.45) is 2.63. The molecule has 4 N–H and O–H groups in total. The first-order chi connectivity index (χ1) is 8.87. The third-order valence-electron chi connectivity index (χ3n) is 2.49. The molecule has 0 spiro atoms. The summed E-state index contributed by atoms with van der Waals surface area (Å²) < 4.78 is 25.7. The summed E-state index contributed by atoms with van der Waals surface area (Å²) in [6, 6.07) is 2.76. The van der Waals surface area contributed by atoms with Crippen LogP contribution in [0.4, 0.5) is 5.82 Å². The molecule has 0 aromatic carbocycles. The Hall–Kier alpha value is -1.67. The third-order valence-corrected chi connectivity index (χ3v) is 4.32. The van der Waals surface area contributed by atoms with E-state index in [2.05, 4.69) is 4.98 Å². The van der Waals surface area contributed by atoms with E-state index in [1.807, 2.05) is 6.92 Å². The minimum atomic E-state index is -3.77. The van der Waals surface area contributed by atoms with Crippen LogP contribution in [-0.2, 0) is 14.8 Å². The number of carbonyl (C=O) groups is 1. The number of nitrogen functional groups attached to an aromatic ring is 1. The molecule has 0 aliphatic heterocycles. The number of primary amides is 1. The normalized spacial score (nSPS) is 11.7. The standard InChI is InChI=1S/C11H18N4O3S/c1-2-3-6-15(8-11(13)16)19(17,18)9-4-5-10(12)14-7-9/h4-5,7H,2-3,6,8H2,1H3,(H2,12,14)(H2,13,16). The fourth-order valence-electron chi connectivity index (χ4n) is 1.49. The van der Waals surface area contributed by atoms with E-state index in [-0.39, 0.29) is 23.8 Å². The molecule has 7 nitrogen and oxygen atoms in total. The predicted octanol–water partition coefficient (Wildman–Crippen LogP) is -0.0601. The van der Waals surface area contributed by atoms with E-state index in [9.17, 15) is 13.2 Å². The molecule has 0 fully saturated rings. The minimum Gasteiger partial charge on any atom is -0.384 e. The van der Waals surface area contributed by atoms with Gasteiger partial charge in [0.15, 0.2) is 0 Å². The second-order valence-corrected chi connectivity index (χ2v) is 6.02. The molecule has 1 aromatic heterocycles. The van der Waals surface area contributed by atoms with Crippen molar-refractivity contribution in [3.8, 4) is 0 Å². The molecule has 0 unspecified atom stereocenters. The van der Waals surface area contributed by atoms with Crippen molar-refractivity contribution >= 4 is 21.7 Å². The van der Waals surface area contributed by atoms with E-state index in [1.54, 1.807) is 0 Å². The molecule has 1 amide bonds. The van der Waals surface area contributed by atoms with Crippen LogP contribution in [0, 0.1) is 0 Å². The molecule has 0 saturated carbocycles. The monoisotopic (exact) mass is 286 g/mol. The lowest BCUT2D eigenvalue weighted by Gasteiger charge is -2.20. The third kappa shape index (κ3) is 4.18. The van der Waals surface area contributed by atoms with Crippen LogP contribution in [0.15, 0.2) is 23.2 Å². The molecule has 19 heavy (non-hydrogen) atoms. The van der Waals surface area contributed by atoms with Gasteiger partial charge in [-0.25, -0.2) is 13.4 Å². The topological polar surface area (TPSA) is 119 Å². The van der Waals surface area contributed by atoms with Crippen molar-refractivity contribution in [2.75, 3.05) is 18.8 Å². The number of nitrogens with zero attached hydrogens (tertiary/aromatic N) is 2. The number of amides is 1. The average molecular weight is 286 g/mol. The van der Waals surface area contributed by atoms with Gasteiger partial charge in [-0.3, -0.25) is 4.79 Å². The maximum Gasteiger partial charge on any atom is 0.245 e. The zero-order chi connectivity index (χ0) is 14.5. The van der Waals surface area contributed by atoms with Gasteiger partial charge in [-0.15, -0.1) is 0 Å². The van der Waals surface area contributed by atoms with Crippen LogP contribution in [0.2, 0.25) is 0 Å². The van der Waals surface area contributed by atoms with Crippen LogP contribution in [-0.4, -0.2) is 36.7 Å². The van der Waals surface area contributed by atoms with E-state index in [0.717, 1.165) is 10.7 Å². The first-order valence-corrected chi connectivity index (χ1v) is 7.32. The van der Waals surface area contributed by atoms with E-state index in [0.29, 0.717) is 6.42 Å². The van der Waals surface area contributed by atoms with Crippen LogP contribution in [0.3, 0.4) is 0 Å². The molecule has 0 aliphatic carbocycles. The van der Waals surface area contributed by atoms with Crippen molar-refractivity contribution in [3.05, 3.63) is 18.3 Å². The molecule has 106 valence electrons. The molecule has 0 aliphatic rings. The highest BCUT2D eigenvalue weighted by Gasteiger charge is 2.25. The average Bonchev–Trinajstić information content (AvgIpc) is 2.34. The number of rotatable bonds is 7. The molecule has 1 rings (SSSR count). The summed E-state index contributed by atoms with van der Waals surface area (Å²) in [6.45, 7) is 1.83. The molecule has 0 bridgehead atoms. The van der Waals surface area contributed by atoms with Crippen molar-refractivity contribution in [1.82, 2.24) is 9.29 Å². The fraction of sp³-hybridized carbons (Fsp3) is 0.455. The van der Waals surface area contributed by atoms with Gasteiger partial charge in [0.05, 0.1) is 6.54 Å². The second-order valence-electron chi connectivity index (χ2n) is 4.08. The lowest BCUT2D eigenvalue weighted by Crippen LogP contribution is -2.39. The summed E-state index contributed by atoms with van der Waals surface area (Å²) in [5.41, 5.74) is 10.5. The van der Waals surface area contributed by atoms with E-state index in [4.69, 9.17) is 11.5 Å². The Morgan fingerprint density at radius 1 is 1.42 bits per heavy atom. The van der Waals surface area contributed by atoms with Crippen molar-refractivity contribution in [3.63, 3.8) is 0 Å². The lowest BCUT2D eigenvalue weighted by molar-refractivity contribution is -0.118. The number of hydrogen-bond donors (Lipinski definition) is 2. The van der Waals surface area contributed by atoms with Crippen LogP contribution < -0.4 is 11.5 Å². The van der Waals surface area contributed by atoms with E-state index >= 15 is 0 Å². The van der Waals surface area contributed by atoms with E-state index in [1.165, 1.54) is 18.3 Å². The molecule has 0 saturated heterocycles. The minimum absolute atomic E-state index is 0.000877. The van der Waals surface area contributed by atoms with Crippen molar-refractivity contribution in [2.24, 2.45) is 5.73 Å². The number of sulfonamides is 1. The molecule has 0 radical (unpaired) electrons. The number of nitrogens with two attached hydrogens (primary N) is 2. The number of hydrogen-bond acceptors (Lipinski definition) is 5. The van der Waals surface area contributed by atoms with Crippen LogP contribution in [0.1, 0.15) is 19.8 Å². The highest BCUT2D eigenvalue weighted by atomic mass is 32.2. The van der Waals surface area contributed by atoms with Crippen LogP contribution in [0.5, 0.6) is 0 Å². The molecule has 1 aromatic rings. The molecular weight excluding hydrogens is 268 g/mol. The van der Waals surface area contributed by atoms with Crippen LogP contribution >= 0.6 is 0 Å². The Morgan fingerprint density at radius 2 is 2.11 bits per heavy atom. The summed E-state index contributed by atoms with van der Waals surface area (Å²) in [5, 5.41) is 0. The van der Waals surface area contributed by atoms with Crippen molar-refractivity contribution in [2.45, 2.75) is 24.7 Å². The number of aromatic nitrogens is 1. The van der Waals surface area contributed by atoms with Gasteiger partial charge in [0.25, 0.3) is 0 Å². The smallest absolute Gasteiger partial charge is 0.245 e. The van der Waals surface area contributed by atoms with Gasteiger partial charge in [0.2, 0.25) is 15.9 Å².